The van der Waals surface area contributed by atoms with Crippen molar-refractivity contribution in [1.82, 2.24) is 0 Å². The van der Waals surface area contributed by atoms with Crippen molar-refractivity contribution in [3.05, 3.63) is 58.7 Å². The normalized spacial score (nSPS) is 10.9. The van der Waals surface area contributed by atoms with E-state index in [0.29, 0.717) is 11.5 Å². The molecule has 0 saturated carbocycles. The number of aryl methyl sites for hydroxylation is 2. The van der Waals surface area contributed by atoms with Crippen LogP contribution in [-0.4, -0.2) is 4.21 Å². The van der Waals surface area contributed by atoms with Gasteiger partial charge in [-0.05, 0) is 48.2 Å². The molecule has 0 unspecified atom stereocenters. The van der Waals surface area contributed by atoms with Gasteiger partial charge in [0.15, 0.2) is 0 Å². The molecule has 0 saturated heterocycles. The second kappa shape index (κ2) is 6.09. The summed E-state index contributed by atoms with van der Waals surface area (Å²) in [6, 6.07) is 11.7. The number of hydrogen-bond donors (Lipinski definition) is 2. The average molecular weight is 288 g/mol. The van der Waals surface area contributed by atoms with E-state index < -0.39 is 10.8 Å². The Bertz CT molecular complexity index is 597. The average Bonchev–Trinajstić information content (AvgIpc) is 2.38. The van der Waals surface area contributed by atoms with Gasteiger partial charge in [0, 0.05) is 33.7 Å². The van der Waals surface area contributed by atoms with Gasteiger partial charge in [0.05, 0.1) is 0 Å². The Hall–Kier alpha value is -1.81. The summed E-state index contributed by atoms with van der Waals surface area (Å²) in [7, 11) is -0.963. The van der Waals surface area contributed by atoms with E-state index in [1.807, 2.05) is 50.2 Å². The van der Waals surface area contributed by atoms with E-state index in [9.17, 15) is 4.21 Å². The molecule has 0 fully saturated rings. The first-order chi connectivity index (χ1) is 9.45. The lowest BCUT2D eigenvalue weighted by molar-refractivity contribution is 0.682. The molecule has 4 N–H and O–H groups in total. The van der Waals surface area contributed by atoms with Gasteiger partial charge in [0.2, 0.25) is 0 Å². The van der Waals surface area contributed by atoms with Crippen LogP contribution in [0.25, 0.3) is 0 Å². The predicted octanol–water partition coefficient (Wildman–Crippen LogP) is 2.92. The van der Waals surface area contributed by atoms with Crippen molar-refractivity contribution in [2.24, 2.45) is 0 Å². The quantitative estimate of drug-likeness (QED) is 0.850. The van der Waals surface area contributed by atoms with Gasteiger partial charge in [-0.25, -0.2) is 0 Å². The molecule has 106 valence electrons. The van der Waals surface area contributed by atoms with Crippen molar-refractivity contribution in [2.75, 3.05) is 11.5 Å². The highest BCUT2D eigenvalue weighted by atomic mass is 32.2. The zero-order valence-corrected chi connectivity index (χ0v) is 12.7. The van der Waals surface area contributed by atoms with E-state index in [-0.39, 0.29) is 0 Å². The molecule has 2 aromatic carbocycles. The van der Waals surface area contributed by atoms with Crippen molar-refractivity contribution in [3.8, 4) is 0 Å². The first kappa shape index (κ1) is 14.6. The highest BCUT2D eigenvalue weighted by molar-refractivity contribution is 7.83. The molecule has 0 amide bonds. The van der Waals surface area contributed by atoms with Gasteiger partial charge in [-0.15, -0.1) is 0 Å². The molecule has 20 heavy (non-hydrogen) atoms. The van der Waals surface area contributed by atoms with Crippen LogP contribution in [0.1, 0.15) is 22.3 Å². The number of hydrogen-bond acceptors (Lipinski definition) is 3. The molecule has 2 aromatic rings. The fourth-order valence-electron chi connectivity index (χ4n) is 1.98. The summed E-state index contributed by atoms with van der Waals surface area (Å²) >= 11 is 0. The minimum absolute atomic E-state index is 0.512. The molecule has 0 radical (unpaired) electrons. The molecule has 0 heterocycles. The Morgan fingerprint density at radius 1 is 0.850 bits per heavy atom. The zero-order valence-electron chi connectivity index (χ0n) is 11.8. The van der Waals surface area contributed by atoms with E-state index in [1.54, 1.807) is 0 Å². The number of nitrogens with two attached hydrogens (primary N) is 2. The first-order valence-corrected chi connectivity index (χ1v) is 7.99. The topological polar surface area (TPSA) is 69.1 Å². The molecular formula is C16H20N2OS. The number of anilines is 2. The first-order valence-electron chi connectivity index (χ1n) is 6.50. The maximum Gasteiger partial charge on any atom is 0.0489 e. The molecule has 2 rings (SSSR count). The largest absolute Gasteiger partial charge is 0.399 e. The molecule has 0 atom stereocenters. The van der Waals surface area contributed by atoms with E-state index in [0.717, 1.165) is 33.6 Å². The summed E-state index contributed by atoms with van der Waals surface area (Å²) in [5, 5.41) is 0. The van der Waals surface area contributed by atoms with Crippen molar-refractivity contribution in [1.29, 1.82) is 0 Å². The third-order valence-corrected chi connectivity index (χ3v) is 4.65. The molecule has 0 aliphatic carbocycles. The lowest BCUT2D eigenvalue weighted by Gasteiger charge is -2.07. The summed E-state index contributed by atoms with van der Waals surface area (Å²) in [6.45, 7) is 3.93. The van der Waals surface area contributed by atoms with Crippen LogP contribution in [0.3, 0.4) is 0 Å². The summed E-state index contributed by atoms with van der Waals surface area (Å²) in [5.41, 5.74) is 17.3. The molecule has 0 aliphatic rings. The highest BCUT2D eigenvalue weighted by Crippen LogP contribution is 2.17. The van der Waals surface area contributed by atoms with Gasteiger partial charge in [-0.3, -0.25) is 4.21 Å². The Kier molecular flexibility index (Phi) is 4.45. The van der Waals surface area contributed by atoms with Crippen LogP contribution < -0.4 is 11.5 Å². The van der Waals surface area contributed by atoms with Crippen LogP contribution in [0, 0.1) is 13.8 Å². The number of rotatable bonds is 4. The molecule has 0 aromatic heterocycles. The molecule has 3 nitrogen and oxygen atoms in total. The summed E-state index contributed by atoms with van der Waals surface area (Å²) in [5.74, 6) is 1.02. The molecular weight excluding hydrogens is 268 g/mol. The fourth-order valence-corrected chi connectivity index (χ4v) is 3.19. The van der Waals surface area contributed by atoms with E-state index in [4.69, 9.17) is 11.5 Å². The molecule has 0 bridgehead atoms. The summed E-state index contributed by atoms with van der Waals surface area (Å²) in [4.78, 5) is 0. The lowest BCUT2D eigenvalue weighted by atomic mass is 10.1. The Labute approximate surface area is 122 Å². The van der Waals surface area contributed by atoms with Crippen molar-refractivity contribution >= 4 is 22.2 Å². The summed E-state index contributed by atoms with van der Waals surface area (Å²) in [6.07, 6.45) is 0. The smallest absolute Gasteiger partial charge is 0.0489 e. The van der Waals surface area contributed by atoms with Crippen molar-refractivity contribution in [2.45, 2.75) is 25.4 Å². The minimum atomic E-state index is -0.963. The molecule has 0 aliphatic heterocycles. The van der Waals surface area contributed by atoms with Gasteiger partial charge in [0.1, 0.15) is 0 Å². The minimum Gasteiger partial charge on any atom is -0.399 e. The van der Waals surface area contributed by atoms with Crippen LogP contribution in [0.5, 0.6) is 0 Å². The van der Waals surface area contributed by atoms with Gasteiger partial charge in [-0.2, -0.15) is 0 Å². The third-order valence-electron chi connectivity index (χ3n) is 3.34. The van der Waals surface area contributed by atoms with Crippen LogP contribution in [-0.2, 0) is 22.3 Å². The Morgan fingerprint density at radius 3 is 1.60 bits per heavy atom. The SMILES string of the molecule is Cc1ccc(CS(=O)Cc2ccc(C)c(N)c2)cc1N. The van der Waals surface area contributed by atoms with Crippen molar-refractivity contribution < 1.29 is 4.21 Å². The van der Waals surface area contributed by atoms with Gasteiger partial charge < -0.3 is 11.5 Å². The second-order valence-corrected chi connectivity index (χ2v) is 6.57. The lowest BCUT2D eigenvalue weighted by Crippen LogP contribution is -2.02. The van der Waals surface area contributed by atoms with Crippen LogP contribution in [0.2, 0.25) is 0 Å². The molecule has 4 heteroatoms. The van der Waals surface area contributed by atoms with Gasteiger partial charge in [-0.1, -0.05) is 24.3 Å². The Morgan fingerprint density at radius 2 is 1.25 bits per heavy atom. The van der Waals surface area contributed by atoms with Gasteiger partial charge in [0.25, 0.3) is 0 Å². The predicted molar refractivity (Wildman–Crippen MR) is 86.7 cm³/mol. The molecule has 0 spiro atoms. The second-order valence-electron chi connectivity index (χ2n) is 5.11. The standard InChI is InChI=1S/C16H20N2OS/c1-11-3-5-13(7-15(11)17)9-20(19)10-14-6-4-12(2)16(18)8-14/h3-8H,9-10,17-18H2,1-2H3. The van der Waals surface area contributed by atoms with Crippen molar-refractivity contribution in [3.63, 3.8) is 0 Å². The number of nitrogen functional groups attached to an aromatic ring is 2. The van der Waals surface area contributed by atoms with Crippen LogP contribution in [0.15, 0.2) is 36.4 Å². The van der Waals surface area contributed by atoms with Gasteiger partial charge >= 0.3 is 0 Å². The zero-order chi connectivity index (χ0) is 14.7. The summed E-state index contributed by atoms with van der Waals surface area (Å²) < 4.78 is 12.2. The highest BCUT2D eigenvalue weighted by Gasteiger charge is 2.06. The van der Waals surface area contributed by atoms with E-state index in [1.165, 1.54) is 0 Å². The number of benzene rings is 2. The third kappa shape index (κ3) is 3.61. The Balaban J connectivity index is 2.04. The van der Waals surface area contributed by atoms with Crippen LogP contribution >= 0.6 is 0 Å². The fraction of sp³-hybridized carbons (Fsp3) is 0.250. The maximum atomic E-state index is 12.2. The monoisotopic (exact) mass is 288 g/mol. The maximum absolute atomic E-state index is 12.2. The van der Waals surface area contributed by atoms with E-state index in [2.05, 4.69) is 0 Å². The van der Waals surface area contributed by atoms with E-state index >= 15 is 0 Å². The van der Waals surface area contributed by atoms with Crippen LogP contribution in [0.4, 0.5) is 11.4 Å².